The molecule has 0 aliphatic carbocycles. The van der Waals surface area contributed by atoms with E-state index in [-0.39, 0.29) is 17.0 Å². The van der Waals surface area contributed by atoms with Crippen LogP contribution >= 0.6 is 11.6 Å². The minimum atomic E-state index is -0.349. The number of nitriles is 1. The second kappa shape index (κ2) is 5.27. The summed E-state index contributed by atoms with van der Waals surface area (Å²) >= 11 is 5.86. The van der Waals surface area contributed by atoms with E-state index < -0.39 is 0 Å². The highest BCUT2D eigenvalue weighted by molar-refractivity contribution is 6.31. The molecule has 2 heterocycles. The zero-order valence-electron chi connectivity index (χ0n) is 10.6. The molecule has 6 heteroatoms. The maximum Gasteiger partial charge on any atom is 0.259 e. The van der Waals surface area contributed by atoms with E-state index in [4.69, 9.17) is 16.0 Å². The fraction of sp³-hybridized carbons (Fsp3) is 0. The summed E-state index contributed by atoms with van der Waals surface area (Å²) in [6.07, 6.45) is 3.01. The number of H-pyrrole nitrogens is 1. The van der Waals surface area contributed by atoms with Gasteiger partial charge in [0.15, 0.2) is 5.82 Å². The Kier molecular flexibility index (Phi) is 3.30. The van der Waals surface area contributed by atoms with Crippen LogP contribution in [0.15, 0.2) is 45.8 Å². The number of benzene rings is 1. The Bertz CT molecular complexity index is 934. The number of hydrogen-bond donors (Lipinski definition) is 1. The number of nitrogens with zero attached hydrogens (tertiary/aromatic N) is 2. The number of aromatic nitrogens is 2. The molecule has 102 valence electrons. The summed E-state index contributed by atoms with van der Waals surface area (Å²) in [6.45, 7) is 0. The number of rotatable bonds is 2. The summed E-state index contributed by atoms with van der Waals surface area (Å²) in [4.78, 5) is 18.9. The Labute approximate surface area is 124 Å². The maximum absolute atomic E-state index is 12.1. The third kappa shape index (κ3) is 2.57. The predicted molar refractivity (Wildman–Crippen MR) is 79.6 cm³/mol. The molecule has 0 bridgehead atoms. The Morgan fingerprint density at radius 3 is 3.00 bits per heavy atom. The Hall–Kier alpha value is -2.84. The van der Waals surface area contributed by atoms with Gasteiger partial charge in [-0.25, -0.2) is 4.98 Å². The van der Waals surface area contributed by atoms with Crippen molar-refractivity contribution in [2.24, 2.45) is 0 Å². The largest absolute Gasteiger partial charge is 0.465 e. The summed E-state index contributed by atoms with van der Waals surface area (Å²) in [5.41, 5.74) is 0.329. The van der Waals surface area contributed by atoms with Crippen molar-refractivity contribution in [3.8, 4) is 6.07 Å². The molecular formula is C15H8ClN3O2. The van der Waals surface area contributed by atoms with E-state index in [2.05, 4.69) is 9.97 Å². The molecule has 3 aromatic rings. The zero-order chi connectivity index (χ0) is 14.8. The van der Waals surface area contributed by atoms with Crippen molar-refractivity contribution in [1.29, 1.82) is 5.26 Å². The van der Waals surface area contributed by atoms with Crippen LogP contribution in [0.2, 0.25) is 5.02 Å². The second-order valence-electron chi connectivity index (χ2n) is 4.26. The van der Waals surface area contributed by atoms with E-state index in [0.29, 0.717) is 21.7 Å². The second-order valence-corrected chi connectivity index (χ2v) is 4.70. The highest BCUT2D eigenvalue weighted by atomic mass is 35.5. The minimum absolute atomic E-state index is 0.189. The van der Waals surface area contributed by atoms with E-state index in [1.54, 1.807) is 24.3 Å². The van der Waals surface area contributed by atoms with E-state index in [9.17, 15) is 10.1 Å². The van der Waals surface area contributed by atoms with Gasteiger partial charge in [-0.15, -0.1) is 0 Å². The average molecular weight is 298 g/mol. The molecule has 3 rings (SSSR count). The quantitative estimate of drug-likeness (QED) is 0.736. The highest BCUT2D eigenvalue weighted by Gasteiger charge is 2.09. The third-order valence-electron chi connectivity index (χ3n) is 2.87. The monoisotopic (exact) mass is 297 g/mol. The number of furan rings is 1. The normalized spacial score (nSPS) is 11.5. The molecule has 2 aromatic heterocycles. The lowest BCUT2D eigenvalue weighted by Crippen LogP contribution is -2.11. The maximum atomic E-state index is 12.1. The SMILES string of the molecule is N#C/C(=C\c1ccco1)c1nc2ccc(Cl)cc2c(=O)[nH]1. The first-order valence-corrected chi connectivity index (χ1v) is 6.40. The van der Waals surface area contributed by atoms with Crippen LogP contribution in [0.5, 0.6) is 0 Å². The van der Waals surface area contributed by atoms with Crippen LogP contribution in [0.25, 0.3) is 22.6 Å². The van der Waals surface area contributed by atoms with Crippen molar-refractivity contribution >= 4 is 34.2 Å². The number of fused-ring (bicyclic) bond motifs is 1. The van der Waals surface area contributed by atoms with Gasteiger partial charge in [-0.3, -0.25) is 4.79 Å². The molecule has 0 saturated carbocycles. The Morgan fingerprint density at radius 2 is 2.29 bits per heavy atom. The van der Waals surface area contributed by atoms with Gasteiger partial charge in [0.05, 0.1) is 22.7 Å². The first kappa shape index (κ1) is 13.2. The van der Waals surface area contributed by atoms with Crippen LogP contribution < -0.4 is 5.56 Å². The molecule has 0 saturated heterocycles. The number of nitrogens with one attached hydrogen (secondary N) is 1. The van der Waals surface area contributed by atoms with Crippen LogP contribution in [0, 0.1) is 11.3 Å². The third-order valence-corrected chi connectivity index (χ3v) is 3.11. The lowest BCUT2D eigenvalue weighted by Gasteiger charge is -2.02. The van der Waals surface area contributed by atoms with E-state index in [1.807, 2.05) is 6.07 Å². The number of halogens is 1. The first-order chi connectivity index (χ1) is 10.2. The minimum Gasteiger partial charge on any atom is -0.465 e. The molecule has 1 aromatic carbocycles. The van der Waals surface area contributed by atoms with Gasteiger partial charge in [0.25, 0.3) is 5.56 Å². The Morgan fingerprint density at radius 1 is 1.43 bits per heavy atom. The summed E-state index contributed by atoms with van der Waals surface area (Å²) in [7, 11) is 0. The highest BCUT2D eigenvalue weighted by Crippen LogP contribution is 2.18. The molecule has 0 fully saturated rings. The summed E-state index contributed by atoms with van der Waals surface area (Å²) in [6, 6.07) is 10.2. The summed E-state index contributed by atoms with van der Waals surface area (Å²) in [5, 5.41) is 10.1. The van der Waals surface area contributed by atoms with E-state index in [1.165, 1.54) is 18.4 Å². The fourth-order valence-electron chi connectivity index (χ4n) is 1.91. The van der Waals surface area contributed by atoms with Gasteiger partial charge in [-0.2, -0.15) is 5.26 Å². The molecule has 21 heavy (non-hydrogen) atoms. The smallest absolute Gasteiger partial charge is 0.259 e. The van der Waals surface area contributed by atoms with Gasteiger partial charge in [-0.1, -0.05) is 11.6 Å². The topological polar surface area (TPSA) is 82.7 Å². The van der Waals surface area contributed by atoms with Gasteiger partial charge >= 0.3 is 0 Å². The predicted octanol–water partition coefficient (Wildman–Crippen LogP) is 3.23. The number of aromatic amines is 1. The van der Waals surface area contributed by atoms with Gasteiger partial charge in [-0.05, 0) is 30.3 Å². The standard InChI is InChI=1S/C15H8ClN3O2/c16-10-3-4-13-12(7-10)15(20)19-14(18-13)9(8-17)6-11-2-1-5-21-11/h1-7H,(H,18,19,20)/b9-6+. The fourth-order valence-corrected chi connectivity index (χ4v) is 2.08. The lowest BCUT2D eigenvalue weighted by atomic mass is 10.2. The van der Waals surface area contributed by atoms with Crippen LogP contribution in [0.3, 0.4) is 0 Å². The van der Waals surface area contributed by atoms with Crippen molar-refractivity contribution < 1.29 is 4.42 Å². The van der Waals surface area contributed by atoms with Crippen molar-refractivity contribution in [3.63, 3.8) is 0 Å². The lowest BCUT2D eigenvalue weighted by molar-refractivity contribution is 0.557. The first-order valence-electron chi connectivity index (χ1n) is 6.02. The summed E-state index contributed by atoms with van der Waals surface area (Å²) in [5.74, 6) is 0.694. The van der Waals surface area contributed by atoms with Gasteiger partial charge < -0.3 is 9.40 Å². The number of allylic oxidation sites excluding steroid dienone is 1. The number of hydrogen-bond acceptors (Lipinski definition) is 4. The van der Waals surface area contributed by atoms with Gasteiger partial charge in [0.1, 0.15) is 11.8 Å². The van der Waals surface area contributed by atoms with Crippen LogP contribution in [-0.2, 0) is 0 Å². The van der Waals surface area contributed by atoms with Crippen molar-refractivity contribution in [3.05, 3.63) is 63.6 Å². The van der Waals surface area contributed by atoms with E-state index >= 15 is 0 Å². The molecule has 0 atom stereocenters. The molecule has 0 radical (unpaired) electrons. The summed E-state index contributed by atoms with van der Waals surface area (Å²) < 4.78 is 5.16. The molecule has 1 N–H and O–H groups in total. The molecule has 0 spiro atoms. The average Bonchev–Trinajstić information content (AvgIpc) is 2.98. The molecule has 0 unspecified atom stereocenters. The van der Waals surface area contributed by atoms with Crippen molar-refractivity contribution in [2.45, 2.75) is 0 Å². The Balaban J connectivity index is 2.19. The van der Waals surface area contributed by atoms with Gasteiger partial charge in [0, 0.05) is 11.1 Å². The molecule has 0 aliphatic rings. The molecule has 5 nitrogen and oxygen atoms in total. The van der Waals surface area contributed by atoms with E-state index in [0.717, 1.165) is 0 Å². The van der Waals surface area contributed by atoms with Crippen LogP contribution in [0.1, 0.15) is 11.6 Å². The molecule has 0 aliphatic heterocycles. The van der Waals surface area contributed by atoms with Crippen LogP contribution in [-0.4, -0.2) is 9.97 Å². The molecule has 0 amide bonds. The molecular weight excluding hydrogens is 290 g/mol. The zero-order valence-corrected chi connectivity index (χ0v) is 11.4. The van der Waals surface area contributed by atoms with Crippen molar-refractivity contribution in [1.82, 2.24) is 9.97 Å². The van der Waals surface area contributed by atoms with Crippen molar-refractivity contribution in [2.75, 3.05) is 0 Å². The van der Waals surface area contributed by atoms with Gasteiger partial charge in [0.2, 0.25) is 0 Å². The van der Waals surface area contributed by atoms with Crippen LogP contribution in [0.4, 0.5) is 0 Å².